The fourth-order valence-electron chi connectivity index (χ4n) is 2.41. The molecule has 0 saturated heterocycles. The van der Waals surface area contributed by atoms with Gasteiger partial charge in [-0.15, -0.1) is 0 Å². The monoisotopic (exact) mass is 313 g/mol. The number of nitrogens with one attached hydrogen (secondary N) is 1. The summed E-state index contributed by atoms with van der Waals surface area (Å²) in [6.45, 7) is 1.58. The van der Waals surface area contributed by atoms with E-state index >= 15 is 0 Å². The van der Waals surface area contributed by atoms with Gasteiger partial charge in [-0.3, -0.25) is 4.79 Å². The summed E-state index contributed by atoms with van der Waals surface area (Å²) in [5.74, 6) is -0.505. The van der Waals surface area contributed by atoms with Crippen LogP contribution in [0.4, 0.5) is 13.2 Å². The number of aliphatic hydroxyl groups is 1. The van der Waals surface area contributed by atoms with Gasteiger partial charge in [0.15, 0.2) is 0 Å². The van der Waals surface area contributed by atoms with Gasteiger partial charge in [0.2, 0.25) is 5.91 Å². The zero-order valence-electron chi connectivity index (χ0n) is 12.2. The second kappa shape index (κ2) is 6.12. The fraction of sp³-hybridized carbons (Fsp3) is 0.438. The summed E-state index contributed by atoms with van der Waals surface area (Å²) in [6, 6.07) is 5.13. The number of hydrogen-bond acceptors (Lipinski definition) is 2. The molecule has 1 amide bonds. The molecule has 0 bridgehead atoms. The van der Waals surface area contributed by atoms with Gasteiger partial charge in [-0.2, -0.15) is 13.2 Å². The van der Waals surface area contributed by atoms with Gasteiger partial charge in [-0.1, -0.05) is 18.2 Å². The van der Waals surface area contributed by atoms with Gasteiger partial charge in [0.05, 0.1) is 11.2 Å². The van der Waals surface area contributed by atoms with Gasteiger partial charge in [0, 0.05) is 12.6 Å². The highest BCUT2D eigenvalue weighted by molar-refractivity contribution is 5.95. The third kappa shape index (κ3) is 3.88. The molecule has 22 heavy (non-hydrogen) atoms. The lowest BCUT2D eigenvalue weighted by Crippen LogP contribution is -2.47. The Hall–Kier alpha value is -1.82. The van der Waals surface area contributed by atoms with Crippen LogP contribution >= 0.6 is 0 Å². The van der Waals surface area contributed by atoms with Crippen LogP contribution in [0.1, 0.15) is 37.3 Å². The summed E-state index contributed by atoms with van der Waals surface area (Å²) in [5, 5.41) is 12.4. The molecule has 1 aliphatic rings. The van der Waals surface area contributed by atoms with Crippen molar-refractivity contribution in [1.29, 1.82) is 0 Å². The van der Waals surface area contributed by atoms with Crippen molar-refractivity contribution in [2.24, 2.45) is 0 Å². The van der Waals surface area contributed by atoms with Crippen LogP contribution in [0.2, 0.25) is 0 Å². The Labute approximate surface area is 126 Å². The van der Waals surface area contributed by atoms with E-state index in [1.165, 1.54) is 25.1 Å². The lowest BCUT2D eigenvalue weighted by atomic mass is 9.80. The molecule has 0 aromatic heterocycles. The van der Waals surface area contributed by atoms with Crippen LogP contribution in [0.25, 0.3) is 5.57 Å². The van der Waals surface area contributed by atoms with E-state index in [0.29, 0.717) is 12.8 Å². The van der Waals surface area contributed by atoms with Gasteiger partial charge >= 0.3 is 6.18 Å². The summed E-state index contributed by atoms with van der Waals surface area (Å²) >= 11 is 0. The smallest absolute Gasteiger partial charge is 0.388 e. The minimum atomic E-state index is -4.47. The predicted octanol–water partition coefficient (Wildman–Crippen LogP) is 3.14. The number of carbonyl (C=O) groups excluding carboxylic acids is 1. The van der Waals surface area contributed by atoms with Crippen LogP contribution in [0.15, 0.2) is 30.3 Å². The Kier molecular flexibility index (Phi) is 4.60. The largest absolute Gasteiger partial charge is 0.416 e. The maximum Gasteiger partial charge on any atom is 0.416 e. The van der Waals surface area contributed by atoms with Crippen LogP contribution < -0.4 is 5.32 Å². The number of rotatable bonds is 4. The van der Waals surface area contributed by atoms with E-state index in [9.17, 15) is 23.1 Å². The number of benzene rings is 1. The van der Waals surface area contributed by atoms with E-state index in [-0.39, 0.29) is 17.7 Å². The van der Waals surface area contributed by atoms with Gasteiger partial charge in [0.25, 0.3) is 0 Å². The lowest BCUT2D eigenvalue weighted by Gasteiger charge is -2.36. The molecular formula is C16H18F3NO2. The molecule has 3 nitrogen and oxygen atoms in total. The molecule has 0 atom stereocenters. The zero-order valence-corrected chi connectivity index (χ0v) is 12.2. The summed E-state index contributed by atoms with van der Waals surface area (Å²) in [6.07, 6.45) is -1.16. The second-order valence-electron chi connectivity index (χ2n) is 5.67. The van der Waals surface area contributed by atoms with Crippen LogP contribution in [-0.2, 0) is 11.0 Å². The number of amides is 1. The summed E-state index contributed by atoms with van der Waals surface area (Å²) in [7, 11) is 0. The summed E-state index contributed by atoms with van der Waals surface area (Å²) in [5.41, 5.74) is -1.42. The first kappa shape index (κ1) is 16.5. The minimum Gasteiger partial charge on any atom is -0.388 e. The third-order valence-corrected chi connectivity index (χ3v) is 3.88. The Bertz CT molecular complexity index is 589. The van der Waals surface area contributed by atoms with Gasteiger partial charge in [-0.25, -0.2) is 0 Å². The first-order chi connectivity index (χ1) is 10.2. The molecule has 1 aliphatic carbocycles. The van der Waals surface area contributed by atoms with Crippen LogP contribution in [0.5, 0.6) is 0 Å². The highest BCUT2D eigenvalue weighted by Crippen LogP contribution is 2.34. The molecule has 6 heteroatoms. The SMILES string of the molecule is CC(=CC(=O)NCC1(O)CCC1)c1ccccc1C(F)(F)F. The molecule has 1 saturated carbocycles. The molecule has 0 spiro atoms. The first-order valence-electron chi connectivity index (χ1n) is 7.06. The van der Waals surface area contributed by atoms with Crippen molar-refractivity contribution in [2.45, 2.75) is 38.0 Å². The van der Waals surface area contributed by atoms with Crippen molar-refractivity contribution in [3.05, 3.63) is 41.5 Å². The van der Waals surface area contributed by atoms with Gasteiger partial charge in [-0.05, 0) is 43.4 Å². The first-order valence-corrected chi connectivity index (χ1v) is 7.06. The van der Waals surface area contributed by atoms with Crippen molar-refractivity contribution in [3.63, 3.8) is 0 Å². The Morgan fingerprint density at radius 3 is 2.55 bits per heavy atom. The molecule has 2 N–H and O–H groups in total. The van der Waals surface area contributed by atoms with E-state index in [1.54, 1.807) is 0 Å². The molecule has 0 heterocycles. The number of allylic oxidation sites excluding steroid dienone is 1. The number of halogens is 3. The average Bonchev–Trinajstić information content (AvgIpc) is 2.42. The average molecular weight is 313 g/mol. The maximum atomic E-state index is 12.9. The minimum absolute atomic E-state index is 0.0208. The lowest BCUT2D eigenvalue weighted by molar-refractivity contribution is -0.137. The van der Waals surface area contributed by atoms with Crippen molar-refractivity contribution in [3.8, 4) is 0 Å². The van der Waals surface area contributed by atoms with Crippen molar-refractivity contribution in [1.82, 2.24) is 5.32 Å². The topological polar surface area (TPSA) is 49.3 Å². The van der Waals surface area contributed by atoms with E-state index in [2.05, 4.69) is 5.32 Å². The molecular weight excluding hydrogens is 295 g/mol. The molecule has 0 aliphatic heterocycles. The van der Waals surface area contributed by atoms with Crippen LogP contribution in [-0.4, -0.2) is 23.2 Å². The Balaban J connectivity index is 2.10. The molecule has 1 aromatic carbocycles. The molecule has 120 valence electrons. The highest BCUT2D eigenvalue weighted by atomic mass is 19.4. The standard InChI is InChI=1S/C16H18F3NO2/c1-11(9-14(21)20-10-15(22)7-4-8-15)12-5-2-3-6-13(12)16(17,18)19/h2-3,5-6,9,22H,4,7-8,10H2,1H3,(H,20,21). The van der Waals surface area contributed by atoms with Crippen LogP contribution in [0, 0.1) is 0 Å². The number of alkyl halides is 3. The zero-order chi connectivity index (χ0) is 16.4. The van der Waals surface area contributed by atoms with Crippen molar-refractivity contribution >= 4 is 11.5 Å². The van der Waals surface area contributed by atoms with Gasteiger partial charge < -0.3 is 10.4 Å². The Morgan fingerprint density at radius 2 is 2.00 bits per heavy atom. The van der Waals surface area contributed by atoms with E-state index in [4.69, 9.17) is 0 Å². The number of hydrogen-bond donors (Lipinski definition) is 2. The Morgan fingerprint density at radius 1 is 1.36 bits per heavy atom. The molecule has 0 unspecified atom stereocenters. The third-order valence-electron chi connectivity index (χ3n) is 3.88. The van der Waals surface area contributed by atoms with Crippen LogP contribution in [0.3, 0.4) is 0 Å². The van der Waals surface area contributed by atoms with Gasteiger partial charge in [0.1, 0.15) is 0 Å². The molecule has 1 aromatic rings. The number of carbonyl (C=O) groups is 1. The second-order valence-corrected chi connectivity index (χ2v) is 5.67. The molecule has 0 radical (unpaired) electrons. The predicted molar refractivity (Wildman–Crippen MR) is 76.9 cm³/mol. The fourth-order valence-corrected chi connectivity index (χ4v) is 2.41. The molecule has 2 rings (SSSR count). The quantitative estimate of drug-likeness (QED) is 0.839. The van der Waals surface area contributed by atoms with Crippen molar-refractivity contribution in [2.75, 3.05) is 6.54 Å². The van der Waals surface area contributed by atoms with E-state index in [1.807, 2.05) is 0 Å². The highest BCUT2D eigenvalue weighted by Gasteiger charge is 2.35. The summed E-state index contributed by atoms with van der Waals surface area (Å²) < 4.78 is 38.8. The molecule has 1 fully saturated rings. The summed E-state index contributed by atoms with van der Waals surface area (Å²) in [4.78, 5) is 11.8. The van der Waals surface area contributed by atoms with Crippen molar-refractivity contribution < 1.29 is 23.1 Å². The van der Waals surface area contributed by atoms with E-state index in [0.717, 1.165) is 18.6 Å². The maximum absolute atomic E-state index is 12.9. The normalized spacial score (nSPS) is 17.8. The van der Waals surface area contributed by atoms with E-state index < -0.39 is 23.2 Å².